The Morgan fingerprint density at radius 2 is 1.56 bits per heavy atom. The van der Waals surface area contributed by atoms with Crippen LogP contribution in [0.5, 0.6) is 0 Å². The van der Waals surface area contributed by atoms with Crippen LogP contribution in [0.2, 0.25) is 0 Å². The Morgan fingerprint density at radius 3 is 2.12 bits per heavy atom. The fourth-order valence-corrected chi connectivity index (χ4v) is 3.86. The number of benzene rings is 2. The van der Waals surface area contributed by atoms with Crippen LogP contribution in [-0.4, -0.2) is 27.8 Å². The third kappa shape index (κ3) is 3.88. The summed E-state index contributed by atoms with van der Waals surface area (Å²) in [5, 5.41) is 0.185. The van der Waals surface area contributed by atoms with Crippen molar-refractivity contribution in [3.05, 3.63) is 77.4 Å². The average Bonchev–Trinajstić information content (AvgIpc) is 2.94. The van der Waals surface area contributed by atoms with Gasteiger partial charge in [-0.15, -0.1) is 0 Å². The molecule has 0 radical (unpaired) electrons. The van der Waals surface area contributed by atoms with Gasteiger partial charge in [-0.05, 0) is 37.5 Å². The lowest BCUT2D eigenvalue weighted by Crippen LogP contribution is -2.48. The number of aromatic nitrogens is 2. The van der Waals surface area contributed by atoms with Crippen LogP contribution in [0.1, 0.15) is 22.3 Å². The second-order valence-electron chi connectivity index (χ2n) is 6.57. The van der Waals surface area contributed by atoms with Crippen LogP contribution in [0.15, 0.2) is 55.1 Å². The van der Waals surface area contributed by atoms with Gasteiger partial charge in [0.2, 0.25) is 6.33 Å². The predicted octanol–water partition coefficient (Wildman–Crippen LogP) is 0.861. The predicted molar refractivity (Wildman–Crippen MR) is 97.8 cm³/mol. The number of hydrogen-bond acceptors (Lipinski definition) is 3. The number of rotatable bonds is 4. The smallest absolute Gasteiger partial charge is 0.386 e. The van der Waals surface area contributed by atoms with E-state index >= 15 is 0 Å². The molecule has 3 aromatic rings. The minimum absolute atomic E-state index is 0.185. The maximum absolute atomic E-state index is 9.31. The molecule has 130 valence electrons. The maximum atomic E-state index is 9.31. The third-order valence-corrected chi connectivity index (χ3v) is 5.40. The Kier molecular flexibility index (Phi) is 4.62. The molecule has 5 nitrogen and oxygen atoms in total. The molecule has 0 bridgehead atoms. The van der Waals surface area contributed by atoms with Gasteiger partial charge in [-0.2, -0.15) is 0 Å². The van der Waals surface area contributed by atoms with Crippen LogP contribution in [-0.2, 0) is 6.54 Å². The van der Waals surface area contributed by atoms with Crippen LogP contribution in [0.4, 0.5) is 0 Å². The van der Waals surface area contributed by atoms with E-state index in [1.807, 2.05) is 18.7 Å². The zero-order valence-corrected chi connectivity index (χ0v) is 15.6. The molecular formula is C19H23N2O3Si+. The van der Waals surface area contributed by atoms with E-state index in [2.05, 4.69) is 42.0 Å². The highest BCUT2D eigenvalue weighted by atomic mass is 28.4. The number of imidazole rings is 1. The van der Waals surface area contributed by atoms with E-state index in [4.69, 9.17) is 0 Å². The first-order valence-corrected chi connectivity index (χ1v) is 10.00. The van der Waals surface area contributed by atoms with E-state index in [-0.39, 0.29) is 5.19 Å². The van der Waals surface area contributed by atoms with Crippen LogP contribution in [0.25, 0.3) is 5.69 Å². The Labute approximate surface area is 148 Å². The molecule has 0 unspecified atom stereocenters. The van der Waals surface area contributed by atoms with Crippen molar-refractivity contribution in [3.8, 4) is 5.69 Å². The largest absolute Gasteiger partial charge is 0.528 e. The van der Waals surface area contributed by atoms with Gasteiger partial charge in [0.25, 0.3) is 0 Å². The molecule has 3 rings (SSSR count). The molecule has 1 aromatic heterocycles. The molecule has 3 N–H and O–H groups in total. The molecule has 0 aliphatic heterocycles. The minimum Gasteiger partial charge on any atom is -0.386 e. The summed E-state index contributed by atoms with van der Waals surface area (Å²) in [4.78, 5) is 27.9. The summed E-state index contributed by atoms with van der Waals surface area (Å²) in [7, 11) is -4.22. The fourth-order valence-electron chi connectivity index (χ4n) is 3.24. The Hall–Kier alpha value is -2.25. The summed E-state index contributed by atoms with van der Waals surface area (Å²) < 4.78 is 4.18. The molecule has 0 saturated heterocycles. The summed E-state index contributed by atoms with van der Waals surface area (Å²) in [6.45, 7) is 7.00. The summed E-state index contributed by atoms with van der Waals surface area (Å²) in [6, 6.07) is 11.1. The van der Waals surface area contributed by atoms with Crippen molar-refractivity contribution >= 4 is 14.0 Å². The second-order valence-corrected chi connectivity index (χ2v) is 8.42. The van der Waals surface area contributed by atoms with Crippen LogP contribution < -0.4 is 9.75 Å². The zero-order valence-electron chi connectivity index (χ0n) is 14.6. The molecule has 2 aromatic carbocycles. The molecule has 1 heterocycles. The maximum Gasteiger partial charge on any atom is 0.528 e. The lowest BCUT2D eigenvalue weighted by Gasteiger charge is -2.09. The first-order valence-electron chi connectivity index (χ1n) is 8.16. The molecule has 0 fully saturated rings. The van der Waals surface area contributed by atoms with Crippen molar-refractivity contribution in [2.24, 2.45) is 0 Å². The Balaban J connectivity index is 1.83. The van der Waals surface area contributed by atoms with E-state index in [1.165, 1.54) is 22.4 Å². The van der Waals surface area contributed by atoms with Crippen molar-refractivity contribution in [1.82, 2.24) is 4.57 Å². The molecule has 0 aliphatic carbocycles. The quantitative estimate of drug-likeness (QED) is 0.480. The van der Waals surface area contributed by atoms with Crippen molar-refractivity contribution in [2.45, 2.75) is 27.3 Å². The molecule has 0 saturated carbocycles. The first kappa shape index (κ1) is 17.6. The first-order chi connectivity index (χ1) is 11.7. The Morgan fingerprint density at radius 1 is 0.960 bits per heavy atom. The van der Waals surface area contributed by atoms with Gasteiger partial charge in [-0.1, -0.05) is 42.0 Å². The monoisotopic (exact) mass is 355 g/mol. The lowest BCUT2D eigenvalue weighted by molar-refractivity contribution is -0.596. The normalized spacial score (nSPS) is 11.8. The molecule has 0 atom stereocenters. The number of hydrogen-bond donors (Lipinski definition) is 3. The van der Waals surface area contributed by atoms with E-state index in [1.54, 1.807) is 24.3 Å². The van der Waals surface area contributed by atoms with Crippen molar-refractivity contribution in [1.29, 1.82) is 0 Å². The molecule has 0 aliphatic rings. The standard InChI is InChI=1S/C19H23N2O3Si/c1-14-10-15(2)19(16(3)11-14)21-9-8-20(13-21)12-17-4-6-18(7-5-17)25(22,23)24/h4-11,13,22-24H,12H2,1-3H3/q+1. The molecule has 25 heavy (non-hydrogen) atoms. The van der Waals surface area contributed by atoms with Gasteiger partial charge in [0, 0.05) is 5.19 Å². The second kappa shape index (κ2) is 6.57. The van der Waals surface area contributed by atoms with Crippen molar-refractivity contribution in [3.63, 3.8) is 0 Å². The van der Waals surface area contributed by atoms with E-state index in [9.17, 15) is 14.4 Å². The van der Waals surface area contributed by atoms with Crippen LogP contribution >= 0.6 is 0 Å². The molecular weight excluding hydrogens is 332 g/mol. The Bertz CT molecular complexity index is 873. The molecule has 0 spiro atoms. The van der Waals surface area contributed by atoms with Crippen LogP contribution in [0.3, 0.4) is 0 Å². The van der Waals surface area contributed by atoms with Gasteiger partial charge in [0.05, 0.1) is 0 Å². The SMILES string of the molecule is Cc1cc(C)c(-[n+]2ccn(Cc3ccc([Si](O)(O)O)cc3)c2)c(C)c1. The topological polar surface area (TPSA) is 69.5 Å². The average molecular weight is 355 g/mol. The highest BCUT2D eigenvalue weighted by Gasteiger charge is 2.29. The van der Waals surface area contributed by atoms with Gasteiger partial charge < -0.3 is 14.4 Å². The third-order valence-electron chi connectivity index (χ3n) is 4.29. The minimum atomic E-state index is -4.22. The van der Waals surface area contributed by atoms with Gasteiger partial charge in [-0.3, -0.25) is 0 Å². The summed E-state index contributed by atoms with van der Waals surface area (Å²) >= 11 is 0. The highest BCUT2D eigenvalue weighted by Crippen LogP contribution is 2.16. The summed E-state index contributed by atoms with van der Waals surface area (Å²) in [6.07, 6.45) is 6.09. The number of aryl methyl sites for hydroxylation is 3. The van der Waals surface area contributed by atoms with Gasteiger partial charge in [-0.25, -0.2) is 9.13 Å². The van der Waals surface area contributed by atoms with Crippen LogP contribution in [0, 0.1) is 20.8 Å². The van der Waals surface area contributed by atoms with Gasteiger partial charge in [0.15, 0.2) is 0 Å². The zero-order chi connectivity index (χ0) is 18.2. The van der Waals surface area contributed by atoms with Crippen molar-refractivity contribution < 1.29 is 19.0 Å². The summed E-state index contributed by atoms with van der Waals surface area (Å²) in [5.41, 5.74) is 5.94. The number of nitrogens with zero attached hydrogens (tertiary/aromatic N) is 2. The van der Waals surface area contributed by atoms with E-state index < -0.39 is 8.80 Å². The van der Waals surface area contributed by atoms with E-state index in [0.29, 0.717) is 6.54 Å². The van der Waals surface area contributed by atoms with Gasteiger partial charge >= 0.3 is 8.80 Å². The lowest BCUT2D eigenvalue weighted by atomic mass is 10.1. The van der Waals surface area contributed by atoms with E-state index in [0.717, 1.165) is 5.56 Å². The molecule has 0 amide bonds. The summed E-state index contributed by atoms with van der Waals surface area (Å²) in [5.74, 6) is 0. The van der Waals surface area contributed by atoms with Gasteiger partial charge in [0.1, 0.15) is 24.6 Å². The van der Waals surface area contributed by atoms with Crippen molar-refractivity contribution in [2.75, 3.05) is 0 Å². The highest BCUT2D eigenvalue weighted by molar-refractivity contribution is 6.71. The molecule has 6 heteroatoms. The fraction of sp³-hybridized carbons (Fsp3) is 0.211.